The van der Waals surface area contributed by atoms with Crippen LogP contribution in [0.4, 0.5) is 5.82 Å². The molecule has 0 amide bonds. The number of hydrogen-bond acceptors (Lipinski definition) is 3. The Hall–Kier alpha value is -1.61. The number of fused-ring (bicyclic) bond motifs is 1. The van der Waals surface area contributed by atoms with Crippen LogP contribution >= 0.6 is 0 Å². The molecular formula is C17H23N3. The first-order valence-corrected chi connectivity index (χ1v) is 7.54. The number of rotatable bonds is 2. The van der Waals surface area contributed by atoms with Crippen LogP contribution in [-0.2, 0) is 0 Å². The molecule has 3 rings (SSSR count). The van der Waals surface area contributed by atoms with E-state index in [2.05, 4.69) is 43.0 Å². The molecule has 0 radical (unpaired) electrons. The van der Waals surface area contributed by atoms with Gasteiger partial charge in [-0.15, -0.1) is 0 Å². The quantitative estimate of drug-likeness (QED) is 0.911. The predicted octanol–water partition coefficient (Wildman–Crippen LogP) is 3.11. The van der Waals surface area contributed by atoms with Crippen molar-refractivity contribution in [1.29, 1.82) is 0 Å². The summed E-state index contributed by atoms with van der Waals surface area (Å²) in [6.07, 6.45) is 2.50. The average Bonchev–Trinajstić information content (AvgIpc) is 2.46. The summed E-state index contributed by atoms with van der Waals surface area (Å²) in [7, 11) is 0. The third kappa shape index (κ3) is 2.27. The Morgan fingerprint density at radius 1 is 1.35 bits per heavy atom. The Bertz CT molecular complexity index is 608. The molecule has 1 aromatic heterocycles. The van der Waals surface area contributed by atoms with Crippen molar-refractivity contribution in [2.75, 3.05) is 18.0 Å². The van der Waals surface area contributed by atoms with Gasteiger partial charge in [-0.2, -0.15) is 0 Å². The van der Waals surface area contributed by atoms with E-state index in [1.807, 2.05) is 6.07 Å². The van der Waals surface area contributed by atoms with Gasteiger partial charge >= 0.3 is 0 Å². The summed E-state index contributed by atoms with van der Waals surface area (Å²) >= 11 is 0. The summed E-state index contributed by atoms with van der Waals surface area (Å²) < 4.78 is 0. The van der Waals surface area contributed by atoms with Crippen LogP contribution < -0.4 is 10.6 Å². The molecule has 3 nitrogen and oxygen atoms in total. The lowest BCUT2D eigenvalue weighted by molar-refractivity contribution is 0.348. The van der Waals surface area contributed by atoms with Crippen molar-refractivity contribution in [3.8, 4) is 0 Å². The van der Waals surface area contributed by atoms with Gasteiger partial charge in [0.2, 0.25) is 0 Å². The highest BCUT2D eigenvalue weighted by Gasteiger charge is 2.29. The van der Waals surface area contributed by atoms with Crippen LogP contribution in [0.2, 0.25) is 0 Å². The minimum absolute atomic E-state index is 0.413. The Morgan fingerprint density at radius 3 is 2.95 bits per heavy atom. The first-order chi connectivity index (χ1) is 9.70. The summed E-state index contributed by atoms with van der Waals surface area (Å²) in [6, 6.07) is 11.0. The van der Waals surface area contributed by atoms with Crippen LogP contribution in [0.1, 0.15) is 25.3 Å². The highest BCUT2D eigenvalue weighted by atomic mass is 15.2. The van der Waals surface area contributed by atoms with Crippen molar-refractivity contribution in [3.05, 3.63) is 35.9 Å². The van der Waals surface area contributed by atoms with E-state index in [0.717, 1.165) is 17.9 Å². The van der Waals surface area contributed by atoms with E-state index in [1.54, 1.807) is 0 Å². The van der Waals surface area contributed by atoms with Crippen molar-refractivity contribution in [3.63, 3.8) is 0 Å². The van der Waals surface area contributed by atoms with Gasteiger partial charge in [0.05, 0.1) is 5.52 Å². The first kappa shape index (κ1) is 13.4. The second kappa shape index (κ2) is 5.41. The number of benzene rings is 1. The molecule has 3 heteroatoms. The zero-order valence-corrected chi connectivity index (χ0v) is 12.3. The van der Waals surface area contributed by atoms with Crippen LogP contribution in [0, 0.1) is 12.8 Å². The predicted molar refractivity (Wildman–Crippen MR) is 85.1 cm³/mol. The van der Waals surface area contributed by atoms with Crippen LogP contribution in [-0.4, -0.2) is 24.1 Å². The number of piperidine rings is 1. The largest absolute Gasteiger partial charge is 0.352 e. The standard InChI is InChI=1S/C17H23N3/c1-12-6-5-9-20(16(12)11-18)17-13(2)10-14-7-3-4-8-15(14)19-17/h3-4,7-8,10,12,16H,5-6,9,11,18H2,1-2H3. The van der Waals surface area contributed by atoms with E-state index in [-0.39, 0.29) is 0 Å². The number of aryl methyl sites for hydroxylation is 1. The number of pyridine rings is 1. The van der Waals surface area contributed by atoms with E-state index >= 15 is 0 Å². The van der Waals surface area contributed by atoms with Crippen molar-refractivity contribution < 1.29 is 0 Å². The van der Waals surface area contributed by atoms with Gasteiger partial charge in [0.1, 0.15) is 5.82 Å². The van der Waals surface area contributed by atoms with Gasteiger partial charge < -0.3 is 10.6 Å². The molecule has 0 spiro atoms. The van der Waals surface area contributed by atoms with Crippen LogP contribution in [0.25, 0.3) is 10.9 Å². The Balaban J connectivity index is 2.06. The van der Waals surface area contributed by atoms with Crippen molar-refractivity contribution in [1.82, 2.24) is 4.98 Å². The molecule has 0 saturated carbocycles. The lowest BCUT2D eigenvalue weighted by Crippen LogP contribution is -2.49. The van der Waals surface area contributed by atoms with Crippen LogP contribution in [0.3, 0.4) is 0 Å². The molecule has 20 heavy (non-hydrogen) atoms. The van der Waals surface area contributed by atoms with E-state index in [9.17, 15) is 0 Å². The molecule has 2 atom stereocenters. The smallest absolute Gasteiger partial charge is 0.132 e. The third-order valence-electron chi connectivity index (χ3n) is 4.52. The Morgan fingerprint density at radius 2 is 2.15 bits per heavy atom. The second-order valence-electron chi connectivity index (χ2n) is 5.94. The summed E-state index contributed by atoms with van der Waals surface area (Å²) in [4.78, 5) is 7.33. The van der Waals surface area contributed by atoms with Gasteiger partial charge in [-0.3, -0.25) is 0 Å². The van der Waals surface area contributed by atoms with Gasteiger partial charge in [-0.1, -0.05) is 25.1 Å². The fraction of sp³-hybridized carbons (Fsp3) is 0.471. The second-order valence-corrected chi connectivity index (χ2v) is 5.94. The lowest BCUT2D eigenvalue weighted by Gasteiger charge is -2.41. The SMILES string of the molecule is Cc1cc2ccccc2nc1N1CCCC(C)C1CN. The Labute approximate surface area is 120 Å². The van der Waals surface area contributed by atoms with Gasteiger partial charge in [-0.05, 0) is 43.4 Å². The molecular weight excluding hydrogens is 246 g/mol. The number of para-hydroxylation sites is 1. The van der Waals surface area contributed by atoms with Crippen molar-refractivity contribution in [2.45, 2.75) is 32.7 Å². The zero-order chi connectivity index (χ0) is 14.1. The number of hydrogen-bond donors (Lipinski definition) is 1. The molecule has 0 aliphatic carbocycles. The molecule has 1 fully saturated rings. The normalized spacial score (nSPS) is 23.2. The van der Waals surface area contributed by atoms with E-state index in [4.69, 9.17) is 10.7 Å². The molecule has 1 aliphatic heterocycles. The van der Waals surface area contributed by atoms with Gasteiger partial charge in [0.25, 0.3) is 0 Å². The highest BCUT2D eigenvalue weighted by molar-refractivity contribution is 5.81. The van der Waals surface area contributed by atoms with Crippen LogP contribution in [0.5, 0.6) is 0 Å². The van der Waals surface area contributed by atoms with Crippen molar-refractivity contribution >= 4 is 16.7 Å². The average molecular weight is 269 g/mol. The van der Waals surface area contributed by atoms with E-state index in [0.29, 0.717) is 18.5 Å². The maximum atomic E-state index is 6.01. The summed E-state index contributed by atoms with van der Waals surface area (Å²) in [5.41, 5.74) is 8.33. The number of nitrogens with zero attached hydrogens (tertiary/aromatic N) is 2. The third-order valence-corrected chi connectivity index (χ3v) is 4.52. The maximum Gasteiger partial charge on any atom is 0.132 e. The molecule has 1 aliphatic rings. The fourth-order valence-corrected chi connectivity index (χ4v) is 3.37. The molecule has 2 unspecified atom stereocenters. The lowest BCUT2D eigenvalue weighted by atomic mass is 9.90. The number of aromatic nitrogens is 1. The van der Waals surface area contributed by atoms with Gasteiger partial charge in [0.15, 0.2) is 0 Å². The Kier molecular flexibility index (Phi) is 3.62. The summed E-state index contributed by atoms with van der Waals surface area (Å²) in [5, 5.41) is 1.21. The minimum atomic E-state index is 0.413. The number of nitrogens with two attached hydrogens (primary N) is 1. The first-order valence-electron chi connectivity index (χ1n) is 7.54. The summed E-state index contributed by atoms with van der Waals surface area (Å²) in [6.45, 7) is 6.23. The van der Waals surface area contributed by atoms with E-state index in [1.165, 1.54) is 23.8 Å². The number of anilines is 1. The molecule has 1 aromatic carbocycles. The molecule has 2 heterocycles. The van der Waals surface area contributed by atoms with Gasteiger partial charge in [0, 0.05) is 24.5 Å². The minimum Gasteiger partial charge on any atom is -0.352 e. The monoisotopic (exact) mass is 269 g/mol. The summed E-state index contributed by atoms with van der Waals surface area (Å²) in [5.74, 6) is 1.76. The van der Waals surface area contributed by atoms with Crippen LogP contribution in [0.15, 0.2) is 30.3 Å². The van der Waals surface area contributed by atoms with E-state index < -0.39 is 0 Å². The molecule has 1 saturated heterocycles. The maximum absolute atomic E-state index is 6.01. The molecule has 0 bridgehead atoms. The molecule has 106 valence electrons. The zero-order valence-electron chi connectivity index (χ0n) is 12.3. The molecule has 2 aromatic rings. The van der Waals surface area contributed by atoms with Crippen molar-refractivity contribution in [2.24, 2.45) is 11.7 Å². The highest BCUT2D eigenvalue weighted by Crippen LogP contribution is 2.30. The van der Waals surface area contributed by atoms with Gasteiger partial charge in [-0.25, -0.2) is 4.98 Å². The topological polar surface area (TPSA) is 42.2 Å². The fourth-order valence-electron chi connectivity index (χ4n) is 3.37. The molecule has 2 N–H and O–H groups in total.